The number of rotatable bonds is 2. The topological polar surface area (TPSA) is 55.1 Å². The Hall–Kier alpha value is -1.71. The normalized spacial score (nSPS) is 10.3. The highest BCUT2D eigenvalue weighted by Gasteiger charge is 2.13. The molecule has 0 spiro atoms. The summed E-state index contributed by atoms with van der Waals surface area (Å²) in [6, 6.07) is 10.2. The summed E-state index contributed by atoms with van der Waals surface area (Å²) >= 11 is 12.1. The summed E-state index contributed by atoms with van der Waals surface area (Å²) in [5.41, 5.74) is 7.89. The molecule has 0 aliphatic heterocycles. The summed E-state index contributed by atoms with van der Waals surface area (Å²) in [6.07, 6.45) is 0. The molecule has 0 saturated heterocycles. The van der Waals surface area contributed by atoms with E-state index >= 15 is 0 Å². The lowest BCUT2D eigenvalue weighted by Crippen LogP contribution is -2.13. The highest BCUT2D eigenvalue weighted by Crippen LogP contribution is 2.26. The van der Waals surface area contributed by atoms with Gasteiger partial charge in [0.25, 0.3) is 5.91 Å². The molecule has 2 aromatic carbocycles. The molecule has 0 radical (unpaired) electrons. The van der Waals surface area contributed by atoms with Crippen molar-refractivity contribution in [3.63, 3.8) is 0 Å². The van der Waals surface area contributed by atoms with Crippen molar-refractivity contribution in [3.8, 4) is 0 Å². The van der Waals surface area contributed by atoms with Crippen molar-refractivity contribution in [1.29, 1.82) is 0 Å². The number of nitrogens with two attached hydrogens (primary N) is 1. The third-order valence-corrected chi connectivity index (χ3v) is 3.49. The molecule has 0 saturated carbocycles. The minimum absolute atomic E-state index is 0.305. The maximum Gasteiger partial charge on any atom is 0.257 e. The zero-order chi connectivity index (χ0) is 14.0. The Labute approximate surface area is 121 Å². The Morgan fingerprint density at radius 1 is 1.21 bits per heavy atom. The van der Waals surface area contributed by atoms with Gasteiger partial charge in [-0.3, -0.25) is 4.79 Å². The zero-order valence-corrected chi connectivity index (χ0v) is 11.7. The second-order valence-corrected chi connectivity index (χ2v) is 4.92. The first-order chi connectivity index (χ1) is 8.99. The van der Waals surface area contributed by atoms with E-state index in [9.17, 15) is 4.79 Å². The second kappa shape index (κ2) is 5.51. The van der Waals surface area contributed by atoms with Crippen molar-refractivity contribution in [3.05, 3.63) is 57.6 Å². The largest absolute Gasteiger partial charge is 0.399 e. The van der Waals surface area contributed by atoms with Crippen molar-refractivity contribution in [1.82, 2.24) is 0 Å². The van der Waals surface area contributed by atoms with Crippen LogP contribution in [0.4, 0.5) is 11.4 Å². The number of amides is 1. The van der Waals surface area contributed by atoms with Gasteiger partial charge in [0.05, 0.1) is 21.3 Å². The molecule has 5 heteroatoms. The third kappa shape index (κ3) is 3.00. The van der Waals surface area contributed by atoms with Crippen molar-refractivity contribution in [2.24, 2.45) is 0 Å². The molecule has 0 unspecified atom stereocenters. The van der Waals surface area contributed by atoms with Crippen LogP contribution in [0.15, 0.2) is 36.4 Å². The summed E-state index contributed by atoms with van der Waals surface area (Å²) in [5, 5.41) is 3.53. The predicted octanol–water partition coefficient (Wildman–Crippen LogP) is 4.14. The number of anilines is 2. The molecule has 0 fully saturated rings. The molecule has 1 amide bonds. The molecule has 2 aromatic rings. The van der Waals surface area contributed by atoms with Gasteiger partial charge in [0, 0.05) is 5.69 Å². The summed E-state index contributed by atoms with van der Waals surface area (Å²) in [5.74, 6) is -0.305. The summed E-state index contributed by atoms with van der Waals surface area (Å²) in [7, 11) is 0. The number of nitrogens with one attached hydrogen (secondary N) is 1. The maximum atomic E-state index is 12.1. The molecular weight excluding hydrogens is 283 g/mol. The highest BCUT2D eigenvalue weighted by atomic mass is 35.5. The average molecular weight is 295 g/mol. The maximum absolute atomic E-state index is 12.1. The average Bonchev–Trinajstić information content (AvgIpc) is 2.36. The number of benzene rings is 2. The Balaban J connectivity index is 2.28. The number of carbonyl (C=O) groups is 1. The molecule has 0 bridgehead atoms. The molecule has 0 heterocycles. The molecule has 3 nitrogen and oxygen atoms in total. The van der Waals surface area contributed by atoms with Gasteiger partial charge in [-0.25, -0.2) is 0 Å². The van der Waals surface area contributed by atoms with Gasteiger partial charge < -0.3 is 11.1 Å². The van der Waals surface area contributed by atoms with Crippen LogP contribution in [0.1, 0.15) is 15.9 Å². The molecule has 0 aromatic heterocycles. The van der Waals surface area contributed by atoms with Gasteiger partial charge in [-0.2, -0.15) is 0 Å². The first kappa shape index (κ1) is 13.7. The zero-order valence-electron chi connectivity index (χ0n) is 10.2. The highest BCUT2D eigenvalue weighted by molar-refractivity contribution is 6.36. The molecule has 0 atom stereocenters. The Kier molecular flexibility index (Phi) is 3.98. The van der Waals surface area contributed by atoms with Crippen molar-refractivity contribution < 1.29 is 4.79 Å². The first-order valence-electron chi connectivity index (χ1n) is 5.60. The van der Waals surface area contributed by atoms with Crippen LogP contribution in [0.2, 0.25) is 10.0 Å². The number of carbonyl (C=O) groups excluding carboxylic acids is 1. The van der Waals surface area contributed by atoms with E-state index in [-0.39, 0.29) is 5.91 Å². The molecule has 0 aliphatic rings. The molecule has 19 heavy (non-hydrogen) atoms. The van der Waals surface area contributed by atoms with Gasteiger partial charge in [0.15, 0.2) is 0 Å². The second-order valence-electron chi connectivity index (χ2n) is 4.13. The number of hydrogen-bond acceptors (Lipinski definition) is 2. The Morgan fingerprint density at radius 3 is 2.63 bits per heavy atom. The van der Waals surface area contributed by atoms with Gasteiger partial charge in [-0.05, 0) is 36.8 Å². The minimum atomic E-state index is -0.305. The van der Waals surface area contributed by atoms with E-state index in [1.807, 2.05) is 13.0 Å². The molecular formula is C14H12Cl2N2O. The van der Waals surface area contributed by atoms with Gasteiger partial charge in [0.1, 0.15) is 0 Å². The van der Waals surface area contributed by atoms with Gasteiger partial charge in [-0.15, -0.1) is 0 Å². The van der Waals surface area contributed by atoms with E-state index in [0.29, 0.717) is 27.0 Å². The van der Waals surface area contributed by atoms with Crippen LogP contribution >= 0.6 is 23.2 Å². The van der Waals surface area contributed by atoms with E-state index in [2.05, 4.69) is 5.32 Å². The third-order valence-electron chi connectivity index (χ3n) is 2.68. The Morgan fingerprint density at radius 2 is 1.95 bits per heavy atom. The summed E-state index contributed by atoms with van der Waals surface area (Å²) < 4.78 is 0. The van der Waals surface area contributed by atoms with Crippen molar-refractivity contribution in [2.75, 3.05) is 11.1 Å². The van der Waals surface area contributed by atoms with Crippen LogP contribution in [-0.4, -0.2) is 5.91 Å². The van der Waals surface area contributed by atoms with Crippen LogP contribution in [0, 0.1) is 6.92 Å². The van der Waals surface area contributed by atoms with E-state index in [1.165, 1.54) is 0 Å². The SMILES string of the molecule is Cc1cccc(C(=O)Nc2ccc(N)cc2Cl)c1Cl. The predicted molar refractivity (Wildman–Crippen MR) is 80.0 cm³/mol. The first-order valence-corrected chi connectivity index (χ1v) is 6.36. The van der Waals surface area contributed by atoms with Crippen LogP contribution in [0.5, 0.6) is 0 Å². The van der Waals surface area contributed by atoms with Crippen LogP contribution in [-0.2, 0) is 0 Å². The fourth-order valence-corrected chi connectivity index (χ4v) is 2.09. The lowest BCUT2D eigenvalue weighted by atomic mass is 10.1. The van der Waals surface area contributed by atoms with Crippen molar-refractivity contribution >= 4 is 40.5 Å². The lowest BCUT2D eigenvalue weighted by Gasteiger charge is -2.10. The van der Waals surface area contributed by atoms with Gasteiger partial charge in [-0.1, -0.05) is 35.3 Å². The number of nitrogen functional groups attached to an aromatic ring is 1. The van der Waals surface area contributed by atoms with E-state index in [4.69, 9.17) is 28.9 Å². The van der Waals surface area contributed by atoms with Crippen molar-refractivity contribution in [2.45, 2.75) is 6.92 Å². The van der Waals surface area contributed by atoms with E-state index in [1.54, 1.807) is 30.3 Å². The Bertz CT molecular complexity index is 641. The smallest absolute Gasteiger partial charge is 0.257 e. The van der Waals surface area contributed by atoms with Crippen LogP contribution < -0.4 is 11.1 Å². The standard InChI is InChI=1S/C14H12Cl2N2O/c1-8-3-2-4-10(13(8)16)14(19)18-12-6-5-9(17)7-11(12)15/h2-7H,17H2,1H3,(H,18,19). The minimum Gasteiger partial charge on any atom is -0.399 e. The van der Waals surface area contributed by atoms with Gasteiger partial charge >= 0.3 is 0 Å². The lowest BCUT2D eigenvalue weighted by molar-refractivity contribution is 0.102. The summed E-state index contributed by atoms with van der Waals surface area (Å²) in [6.45, 7) is 1.84. The number of hydrogen-bond donors (Lipinski definition) is 2. The quantitative estimate of drug-likeness (QED) is 0.818. The molecule has 2 rings (SSSR count). The fourth-order valence-electron chi connectivity index (χ4n) is 1.65. The van der Waals surface area contributed by atoms with Gasteiger partial charge in [0.2, 0.25) is 0 Å². The van der Waals surface area contributed by atoms with E-state index in [0.717, 1.165) is 5.56 Å². The number of aryl methyl sites for hydroxylation is 1. The summed E-state index contributed by atoms with van der Waals surface area (Å²) in [4.78, 5) is 12.1. The number of halogens is 2. The fraction of sp³-hybridized carbons (Fsp3) is 0.0714. The molecule has 98 valence electrons. The molecule has 3 N–H and O–H groups in total. The van der Waals surface area contributed by atoms with Crippen LogP contribution in [0.3, 0.4) is 0 Å². The molecule has 0 aliphatic carbocycles. The monoisotopic (exact) mass is 294 g/mol. The van der Waals surface area contributed by atoms with E-state index < -0.39 is 0 Å². The van der Waals surface area contributed by atoms with Crippen LogP contribution in [0.25, 0.3) is 0 Å².